The van der Waals surface area contributed by atoms with Crippen molar-refractivity contribution in [2.75, 3.05) is 17.2 Å². The first-order valence-electron chi connectivity index (χ1n) is 4.75. The molecule has 0 aromatic carbocycles. The maximum absolute atomic E-state index is 5.48. The average Bonchev–Trinajstić information content (AvgIpc) is 2.85. The molecule has 72 valence electrons. The number of anilines is 2. The Balaban J connectivity index is 2.10. The molecule has 1 aliphatic rings. The summed E-state index contributed by atoms with van der Waals surface area (Å²) in [5.41, 5.74) is 5.48. The maximum atomic E-state index is 5.48. The molecule has 0 amide bonds. The molecule has 0 aliphatic heterocycles. The summed E-state index contributed by atoms with van der Waals surface area (Å²) in [4.78, 5) is 6.36. The lowest BCUT2D eigenvalue weighted by Gasteiger charge is -2.18. The highest BCUT2D eigenvalue weighted by molar-refractivity contribution is 5.36. The molecule has 1 aromatic rings. The van der Waals surface area contributed by atoms with Crippen LogP contribution in [0.15, 0.2) is 0 Å². The molecule has 0 atom stereocenters. The molecule has 1 aromatic heterocycles. The van der Waals surface area contributed by atoms with E-state index in [2.05, 4.69) is 27.0 Å². The summed E-state index contributed by atoms with van der Waals surface area (Å²) in [6.45, 7) is 3.17. The Bertz CT molecular complexity index is 278. The highest BCUT2D eigenvalue weighted by Crippen LogP contribution is 2.29. The molecule has 0 spiro atoms. The predicted octanol–water partition coefficient (Wildman–Crippen LogP) is 0.766. The molecular weight excluding hydrogens is 166 g/mol. The van der Waals surface area contributed by atoms with Crippen LogP contribution < -0.4 is 10.6 Å². The number of nitrogen functional groups attached to an aromatic ring is 1. The van der Waals surface area contributed by atoms with Crippen molar-refractivity contribution in [2.24, 2.45) is 0 Å². The Morgan fingerprint density at radius 3 is 2.85 bits per heavy atom. The van der Waals surface area contributed by atoms with Gasteiger partial charge in [0.05, 0.1) is 0 Å². The minimum atomic E-state index is 0.400. The number of nitrogens with zero attached hydrogens (tertiary/aromatic N) is 3. The Morgan fingerprint density at radius 2 is 2.38 bits per heavy atom. The summed E-state index contributed by atoms with van der Waals surface area (Å²) in [5, 5.41) is 6.73. The van der Waals surface area contributed by atoms with Gasteiger partial charge in [0.25, 0.3) is 0 Å². The fourth-order valence-corrected chi connectivity index (χ4v) is 1.47. The summed E-state index contributed by atoms with van der Waals surface area (Å²) in [7, 11) is 0. The molecule has 5 nitrogen and oxygen atoms in total. The van der Waals surface area contributed by atoms with E-state index in [0.29, 0.717) is 12.0 Å². The lowest BCUT2D eigenvalue weighted by atomic mass is 10.4. The maximum Gasteiger partial charge on any atom is 0.246 e. The second-order valence-electron chi connectivity index (χ2n) is 3.45. The van der Waals surface area contributed by atoms with Crippen molar-refractivity contribution >= 4 is 11.9 Å². The molecule has 3 N–H and O–H groups in total. The summed E-state index contributed by atoms with van der Waals surface area (Å²) in [6.07, 6.45) is 3.63. The van der Waals surface area contributed by atoms with Crippen molar-refractivity contribution in [1.29, 1.82) is 0 Å². The van der Waals surface area contributed by atoms with Crippen LogP contribution in [0.1, 0.15) is 26.2 Å². The van der Waals surface area contributed by atoms with Gasteiger partial charge in [-0.1, -0.05) is 6.92 Å². The number of nitrogens with one attached hydrogen (secondary N) is 1. The minimum absolute atomic E-state index is 0.400. The van der Waals surface area contributed by atoms with Crippen LogP contribution in [0.5, 0.6) is 0 Å². The zero-order chi connectivity index (χ0) is 9.26. The molecule has 13 heavy (non-hydrogen) atoms. The highest BCUT2D eigenvalue weighted by Gasteiger charge is 2.30. The first kappa shape index (κ1) is 8.34. The molecule has 0 radical (unpaired) electrons. The summed E-state index contributed by atoms with van der Waals surface area (Å²) in [6, 6.07) is 0.648. The molecule has 1 aliphatic carbocycles. The van der Waals surface area contributed by atoms with E-state index in [1.54, 1.807) is 0 Å². The monoisotopic (exact) mass is 181 g/mol. The van der Waals surface area contributed by atoms with Gasteiger partial charge in [-0.2, -0.15) is 4.98 Å². The third-order valence-electron chi connectivity index (χ3n) is 2.20. The number of aromatic nitrogens is 3. The molecule has 0 saturated heterocycles. The average molecular weight is 181 g/mol. The van der Waals surface area contributed by atoms with E-state index in [4.69, 9.17) is 5.73 Å². The van der Waals surface area contributed by atoms with Crippen LogP contribution in [0, 0.1) is 0 Å². The lowest BCUT2D eigenvalue weighted by Crippen LogP contribution is -2.27. The SMILES string of the molecule is CCCN(c1n[nH]c(N)n1)C1CC1. The second kappa shape index (κ2) is 3.24. The van der Waals surface area contributed by atoms with Crippen LogP contribution >= 0.6 is 0 Å². The van der Waals surface area contributed by atoms with Crippen LogP contribution in [0.3, 0.4) is 0 Å². The third-order valence-corrected chi connectivity index (χ3v) is 2.20. The summed E-state index contributed by atoms with van der Waals surface area (Å²) >= 11 is 0. The van der Waals surface area contributed by atoms with E-state index in [0.717, 1.165) is 18.9 Å². The first-order valence-corrected chi connectivity index (χ1v) is 4.75. The Hall–Kier alpha value is -1.26. The van der Waals surface area contributed by atoms with Crippen LogP contribution in [-0.4, -0.2) is 27.8 Å². The second-order valence-corrected chi connectivity index (χ2v) is 3.45. The molecule has 1 heterocycles. The number of H-pyrrole nitrogens is 1. The summed E-state index contributed by atoms with van der Waals surface area (Å²) in [5.74, 6) is 1.15. The number of hydrogen-bond acceptors (Lipinski definition) is 4. The lowest BCUT2D eigenvalue weighted by molar-refractivity contribution is 0.737. The van der Waals surface area contributed by atoms with E-state index in [1.165, 1.54) is 12.8 Å². The van der Waals surface area contributed by atoms with E-state index >= 15 is 0 Å². The molecule has 0 unspecified atom stereocenters. The molecule has 0 bridgehead atoms. The molecule has 1 saturated carbocycles. The smallest absolute Gasteiger partial charge is 0.246 e. The van der Waals surface area contributed by atoms with Gasteiger partial charge in [-0.15, -0.1) is 5.10 Å². The Morgan fingerprint density at radius 1 is 1.62 bits per heavy atom. The first-order chi connectivity index (χ1) is 6.31. The zero-order valence-electron chi connectivity index (χ0n) is 7.82. The number of nitrogens with two attached hydrogens (primary N) is 1. The molecule has 2 rings (SSSR count). The van der Waals surface area contributed by atoms with Gasteiger partial charge < -0.3 is 10.6 Å². The van der Waals surface area contributed by atoms with Crippen LogP contribution in [0.25, 0.3) is 0 Å². The van der Waals surface area contributed by atoms with Crippen LogP contribution in [0.2, 0.25) is 0 Å². The molecule has 5 heteroatoms. The van der Waals surface area contributed by atoms with Gasteiger partial charge in [0.2, 0.25) is 11.9 Å². The van der Waals surface area contributed by atoms with Crippen LogP contribution in [-0.2, 0) is 0 Å². The van der Waals surface area contributed by atoms with E-state index in [1.807, 2.05) is 0 Å². The minimum Gasteiger partial charge on any atom is -0.368 e. The number of rotatable bonds is 4. The standard InChI is InChI=1S/C8H15N5/c1-2-5-13(6-3-4-6)8-10-7(9)11-12-8/h6H,2-5H2,1H3,(H3,9,10,11,12). The van der Waals surface area contributed by atoms with E-state index < -0.39 is 0 Å². The fourth-order valence-electron chi connectivity index (χ4n) is 1.47. The number of hydrogen-bond donors (Lipinski definition) is 2. The molecular formula is C8H15N5. The highest BCUT2D eigenvalue weighted by atomic mass is 15.4. The van der Waals surface area contributed by atoms with Gasteiger partial charge >= 0.3 is 0 Å². The van der Waals surface area contributed by atoms with Crippen molar-refractivity contribution in [2.45, 2.75) is 32.2 Å². The van der Waals surface area contributed by atoms with Gasteiger partial charge in [0, 0.05) is 12.6 Å². The van der Waals surface area contributed by atoms with Crippen LogP contribution in [0.4, 0.5) is 11.9 Å². The van der Waals surface area contributed by atoms with Gasteiger partial charge in [-0.05, 0) is 19.3 Å². The van der Waals surface area contributed by atoms with Gasteiger partial charge in [-0.25, -0.2) is 5.10 Å². The summed E-state index contributed by atoms with van der Waals surface area (Å²) < 4.78 is 0. The third kappa shape index (κ3) is 1.74. The number of aromatic amines is 1. The van der Waals surface area contributed by atoms with Crippen molar-refractivity contribution in [1.82, 2.24) is 15.2 Å². The normalized spacial score (nSPS) is 16.1. The van der Waals surface area contributed by atoms with Crippen molar-refractivity contribution in [3.8, 4) is 0 Å². The van der Waals surface area contributed by atoms with Crippen molar-refractivity contribution in [3.63, 3.8) is 0 Å². The van der Waals surface area contributed by atoms with Gasteiger partial charge in [0.15, 0.2) is 0 Å². The van der Waals surface area contributed by atoms with Gasteiger partial charge in [0.1, 0.15) is 0 Å². The topological polar surface area (TPSA) is 70.8 Å². The largest absolute Gasteiger partial charge is 0.368 e. The molecule has 1 fully saturated rings. The predicted molar refractivity (Wildman–Crippen MR) is 51.5 cm³/mol. The quantitative estimate of drug-likeness (QED) is 0.719. The fraction of sp³-hybridized carbons (Fsp3) is 0.750. The van der Waals surface area contributed by atoms with Crippen molar-refractivity contribution in [3.05, 3.63) is 0 Å². The Labute approximate surface area is 77.3 Å². The Kier molecular flexibility index (Phi) is 2.08. The zero-order valence-corrected chi connectivity index (χ0v) is 7.82. The van der Waals surface area contributed by atoms with Crippen molar-refractivity contribution < 1.29 is 0 Å². The van der Waals surface area contributed by atoms with E-state index in [9.17, 15) is 0 Å². The van der Waals surface area contributed by atoms with Gasteiger partial charge in [-0.3, -0.25) is 0 Å². The van der Waals surface area contributed by atoms with E-state index in [-0.39, 0.29) is 0 Å².